The van der Waals surface area contributed by atoms with Crippen LogP contribution in [0.25, 0.3) is 0 Å². The molecule has 0 spiro atoms. The second kappa shape index (κ2) is 10.2. The average molecular weight is 464 g/mol. The number of amides is 2. The first kappa shape index (κ1) is 23.0. The normalized spacial score (nSPS) is 14.3. The predicted octanol–water partition coefficient (Wildman–Crippen LogP) is 4.46. The van der Waals surface area contributed by atoms with Gasteiger partial charge in [0.2, 0.25) is 0 Å². The molecular weight excluding hydrogens is 434 g/mol. The first-order chi connectivity index (χ1) is 15.9. The largest absolute Gasteiger partial charge is 0.508 e. The number of rotatable bonds is 6. The van der Waals surface area contributed by atoms with Crippen molar-refractivity contribution >= 4 is 23.2 Å². The van der Waals surface area contributed by atoms with Crippen LogP contribution in [0.2, 0.25) is 0 Å². The van der Waals surface area contributed by atoms with Crippen LogP contribution < -0.4 is 5.32 Å². The van der Waals surface area contributed by atoms with Crippen molar-refractivity contribution in [2.75, 3.05) is 19.6 Å². The van der Waals surface area contributed by atoms with Gasteiger partial charge in [-0.1, -0.05) is 12.1 Å². The Labute approximate surface area is 198 Å². The van der Waals surface area contributed by atoms with Crippen molar-refractivity contribution in [3.8, 4) is 5.75 Å². The Bertz CT molecular complexity index is 1140. The Kier molecular flexibility index (Phi) is 7.08. The maximum atomic E-state index is 13.0. The van der Waals surface area contributed by atoms with E-state index in [0.717, 1.165) is 30.7 Å². The first-order valence-electron chi connectivity index (χ1n) is 11.3. The molecule has 1 aliphatic heterocycles. The number of aromatic hydroxyl groups is 1. The summed E-state index contributed by atoms with van der Waals surface area (Å²) in [5.74, 6) is 0.0974. The zero-order chi connectivity index (χ0) is 23.4. The van der Waals surface area contributed by atoms with Gasteiger partial charge in [-0.15, -0.1) is 11.3 Å². The number of hydrogen-bond acceptors (Lipinski definition) is 5. The number of benzene rings is 1. The smallest absolute Gasteiger partial charge is 0.254 e. The third kappa shape index (κ3) is 5.25. The topological polar surface area (TPSA) is 82.5 Å². The molecule has 0 atom stereocenters. The number of likely N-dealkylation sites (tertiary alicyclic amines) is 1. The molecule has 0 radical (unpaired) electrons. The van der Waals surface area contributed by atoms with Crippen molar-refractivity contribution in [2.45, 2.75) is 39.0 Å². The van der Waals surface area contributed by atoms with Crippen LogP contribution in [-0.2, 0) is 6.42 Å². The Morgan fingerprint density at radius 2 is 1.88 bits per heavy atom. The molecule has 3 aromatic rings. The fraction of sp³-hybridized carbons (Fsp3) is 0.346. The van der Waals surface area contributed by atoms with Crippen molar-refractivity contribution in [1.29, 1.82) is 0 Å². The fourth-order valence-corrected chi connectivity index (χ4v) is 5.02. The summed E-state index contributed by atoms with van der Waals surface area (Å²) in [5.41, 5.74) is 3.47. The van der Waals surface area contributed by atoms with Crippen LogP contribution in [-0.4, -0.2) is 46.4 Å². The molecule has 1 saturated heterocycles. The van der Waals surface area contributed by atoms with Crippen molar-refractivity contribution in [3.05, 3.63) is 80.8 Å². The van der Waals surface area contributed by atoms with E-state index in [-0.39, 0.29) is 23.5 Å². The quantitative estimate of drug-likeness (QED) is 0.566. The fourth-order valence-electron chi connectivity index (χ4n) is 4.31. The molecule has 1 fully saturated rings. The lowest BCUT2D eigenvalue weighted by Crippen LogP contribution is -2.39. The number of pyridine rings is 1. The monoisotopic (exact) mass is 463 g/mol. The summed E-state index contributed by atoms with van der Waals surface area (Å²) in [4.78, 5) is 33.7. The number of carbonyl (C=O) groups is 2. The summed E-state index contributed by atoms with van der Waals surface area (Å²) < 4.78 is 0. The highest BCUT2D eigenvalue weighted by atomic mass is 32.1. The van der Waals surface area contributed by atoms with E-state index in [1.54, 1.807) is 36.5 Å². The van der Waals surface area contributed by atoms with E-state index in [9.17, 15) is 14.7 Å². The highest BCUT2D eigenvalue weighted by Gasteiger charge is 2.29. The Balaban J connectivity index is 1.42. The molecule has 3 heterocycles. The van der Waals surface area contributed by atoms with Crippen LogP contribution in [0.1, 0.15) is 61.3 Å². The van der Waals surface area contributed by atoms with E-state index in [1.165, 1.54) is 4.88 Å². The van der Waals surface area contributed by atoms with Crippen LogP contribution >= 0.6 is 11.3 Å². The standard InChI is InChI=1S/C26H29N3O3S/c1-17-8-9-22(25(31)27-13-10-20-5-4-16-33-20)24(28-17)19-11-14-29(15-12-19)26(32)21-6-3-7-23(30)18(21)2/h3-9,16,19,30H,10-15H2,1-2H3,(H,27,31). The van der Waals surface area contributed by atoms with Crippen molar-refractivity contribution in [1.82, 2.24) is 15.2 Å². The number of phenols is 1. The van der Waals surface area contributed by atoms with Gasteiger partial charge in [-0.2, -0.15) is 0 Å². The number of aromatic nitrogens is 1. The number of piperidine rings is 1. The molecule has 7 heteroatoms. The van der Waals surface area contributed by atoms with Gasteiger partial charge in [0.25, 0.3) is 11.8 Å². The maximum Gasteiger partial charge on any atom is 0.254 e. The van der Waals surface area contributed by atoms with Gasteiger partial charge < -0.3 is 15.3 Å². The minimum absolute atomic E-state index is 0.0643. The van der Waals surface area contributed by atoms with E-state index in [4.69, 9.17) is 4.98 Å². The molecule has 0 unspecified atom stereocenters. The lowest BCUT2D eigenvalue weighted by molar-refractivity contribution is 0.0709. The highest BCUT2D eigenvalue weighted by Crippen LogP contribution is 2.31. The van der Waals surface area contributed by atoms with Crippen LogP contribution in [0.3, 0.4) is 0 Å². The molecule has 2 N–H and O–H groups in total. The molecule has 4 rings (SSSR count). The SMILES string of the molecule is Cc1ccc(C(=O)NCCc2cccs2)c(C2CCN(C(=O)c3cccc(O)c3C)CC2)n1. The maximum absolute atomic E-state index is 13.0. The minimum atomic E-state index is -0.0945. The molecule has 0 aliphatic carbocycles. The minimum Gasteiger partial charge on any atom is -0.508 e. The van der Waals surface area contributed by atoms with Crippen molar-refractivity contribution < 1.29 is 14.7 Å². The van der Waals surface area contributed by atoms with Gasteiger partial charge in [0.1, 0.15) is 5.75 Å². The Morgan fingerprint density at radius 3 is 2.61 bits per heavy atom. The van der Waals surface area contributed by atoms with E-state index >= 15 is 0 Å². The lowest BCUT2D eigenvalue weighted by atomic mass is 9.89. The molecule has 33 heavy (non-hydrogen) atoms. The predicted molar refractivity (Wildman–Crippen MR) is 130 cm³/mol. The first-order valence-corrected chi connectivity index (χ1v) is 12.2. The average Bonchev–Trinajstić information content (AvgIpc) is 3.34. The van der Waals surface area contributed by atoms with Gasteiger partial charge in [-0.05, 0) is 68.8 Å². The van der Waals surface area contributed by atoms with Crippen LogP contribution in [0, 0.1) is 13.8 Å². The number of carbonyl (C=O) groups excluding carboxylic acids is 2. The Hall–Kier alpha value is -3.19. The third-order valence-electron chi connectivity index (χ3n) is 6.25. The molecule has 1 aliphatic rings. The van der Waals surface area contributed by atoms with Crippen LogP contribution in [0.15, 0.2) is 47.8 Å². The summed E-state index contributed by atoms with van der Waals surface area (Å²) in [6.07, 6.45) is 2.30. The van der Waals surface area contributed by atoms with E-state index in [2.05, 4.69) is 11.4 Å². The number of nitrogens with zero attached hydrogens (tertiary/aromatic N) is 2. The summed E-state index contributed by atoms with van der Waals surface area (Å²) in [7, 11) is 0. The summed E-state index contributed by atoms with van der Waals surface area (Å²) >= 11 is 1.69. The zero-order valence-electron chi connectivity index (χ0n) is 19.0. The summed E-state index contributed by atoms with van der Waals surface area (Å²) in [5, 5.41) is 15.0. The number of thiophene rings is 1. The highest BCUT2D eigenvalue weighted by molar-refractivity contribution is 7.09. The van der Waals surface area contributed by atoms with Gasteiger partial charge in [-0.3, -0.25) is 14.6 Å². The van der Waals surface area contributed by atoms with E-state index in [0.29, 0.717) is 36.3 Å². The van der Waals surface area contributed by atoms with Gasteiger partial charge >= 0.3 is 0 Å². The molecule has 6 nitrogen and oxygen atoms in total. The number of aryl methyl sites for hydroxylation is 1. The number of hydrogen-bond donors (Lipinski definition) is 2. The molecule has 0 bridgehead atoms. The van der Waals surface area contributed by atoms with Crippen LogP contribution in [0.4, 0.5) is 0 Å². The molecule has 1 aromatic carbocycles. The van der Waals surface area contributed by atoms with Crippen LogP contribution in [0.5, 0.6) is 5.75 Å². The van der Waals surface area contributed by atoms with E-state index < -0.39 is 0 Å². The lowest BCUT2D eigenvalue weighted by Gasteiger charge is -2.33. The Morgan fingerprint density at radius 1 is 1.09 bits per heavy atom. The molecular formula is C26H29N3O3S. The molecule has 2 aromatic heterocycles. The summed E-state index contributed by atoms with van der Waals surface area (Å²) in [6.45, 7) is 5.46. The third-order valence-corrected chi connectivity index (χ3v) is 7.19. The second-order valence-electron chi connectivity index (χ2n) is 8.49. The zero-order valence-corrected chi connectivity index (χ0v) is 19.8. The van der Waals surface area contributed by atoms with Gasteiger partial charge in [0, 0.05) is 47.3 Å². The molecule has 172 valence electrons. The molecule has 2 amide bonds. The van der Waals surface area contributed by atoms with Gasteiger partial charge in [0.15, 0.2) is 0 Å². The van der Waals surface area contributed by atoms with Crippen molar-refractivity contribution in [3.63, 3.8) is 0 Å². The van der Waals surface area contributed by atoms with Gasteiger partial charge in [-0.25, -0.2) is 0 Å². The van der Waals surface area contributed by atoms with Gasteiger partial charge in [0.05, 0.1) is 11.3 Å². The van der Waals surface area contributed by atoms with E-state index in [1.807, 2.05) is 35.4 Å². The molecule has 0 saturated carbocycles. The number of nitrogens with one attached hydrogen (secondary N) is 1. The summed E-state index contributed by atoms with van der Waals surface area (Å²) in [6, 6.07) is 12.9. The van der Waals surface area contributed by atoms with Crippen molar-refractivity contribution in [2.24, 2.45) is 0 Å². The second-order valence-corrected chi connectivity index (χ2v) is 9.52. The number of phenolic OH excluding ortho intramolecular Hbond substituents is 1.